The average molecular weight is 254 g/mol. The van der Waals surface area contributed by atoms with Gasteiger partial charge in [0.2, 0.25) is 0 Å². The van der Waals surface area contributed by atoms with E-state index < -0.39 is 0 Å². The van der Waals surface area contributed by atoms with E-state index >= 15 is 0 Å². The van der Waals surface area contributed by atoms with E-state index in [4.69, 9.17) is 9.84 Å². The third-order valence-corrected chi connectivity index (χ3v) is 3.68. The molecule has 94 valence electrons. The highest BCUT2D eigenvalue weighted by Crippen LogP contribution is 2.17. The van der Waals surface area contributed by atoms with Crippen LogP contribution < -0.4 is 4.74 Å². The number of carbonyl (C=O) groups excluding carboxylic acids is 1. The zero-order chi connectivity index (χ0) is 12.7. The summed E-state index contributed by atoms with van der Waals surface area (Å²) in [4.78, 5) is 11.8. The molecule has 0 radical (unpaired) electrons. The van der Waals surface area contributed by atoms with Crippen LogP contribution in [0.25, 0.3) is 0 Å². The van der Waals surface area contributed by atoms with Gasteiger partial charge >= 0.3 is 0 Å². The first-order valence-corrected chi connectivity index (χ1v) is 6.62. The molecule has 1 rings (SSSR count). The summed E-state index contributed by atoms with van der Waals surface area (Å²) in [6.07, 6.45) is 0.723. The Morgan fingerprint density at radius 2 is 2.06 bits per heavy atom. The van der Waals surface area contributed by atoms with Gasteiger partial charge in [-0.2, -0.15) is 11.8 Å². The van der Waals surface area contributed by atoms with E-state index in [9.17, 15) is 4.79 Å². The van der Waals surface area contributed by atoms with Crippen LogP contribution in [0.15, 0.2) is 24.3 Å². The molecule has 0 amide bonds. The van der Waals surface area contributed by atoms with Crippen molar-refractivity contribution >= 4 is 17.5 Å². The highest BCUT2D eigenvalue weighted by Gasteiger charge is 2.09. The number of ketones is 1. The lowest BCUT2D eigenvalue weighted by atomic mass is 10.1. The van der Waals surface area contributed by atoms with Crippen LogP contribution in [-0.4, -0.2) is 35.6 Å². The van der Waals surface area contributed by atoms with E-state index in [1.807, 2.05) is 6.92 Å². The maximum absolute atomic E-state index is 11.8. The van der Waals surface area contributed by atoms with Gasteiger partial charge in [-0.1, -0.05) is 6.92 Å². The third-order valence-electron chi connectivity index (χ3n) is 2.45. The molecule has 1 aromatic carbocycles. The van der Waals surface area contributed by atoms with Crippen molar-refractivity contribution in [2.24, 2.45) is 0 Å². The predicted molar refractivity (Wildman–Crippen MR) is 70.9 cm³/mol. The SMILES string of the molecule is COc1ccc(C(=O)CSC(C)CCO)cc1. The van der Waals surface area contributed by atoms with Crippen LogP contribution >= 0.6 is 11.8 Å². The number of hydrogen-bond acceptors (Lipinski definition) is 4. The molecule has 17 heavy (non-hydrogen) atoms. The van der Waals surface area contributed by atoms with Crippen molar-refractivity contribution in [1.29, 1.82) is 0 Å². The van der Waals surface area contributed by atoms with E-state index in [0.717, 1.165) is 12.2 Å². The van der Waals surface area contributed by atoms with Gasteiger partial charge in [-0.15, -0.1) is 0 Å². The van der Waals surface area contributed by atoms with Crippen molar-refractivity contribution < 1.29 is 14.6 Å². The van der Waals surface area contributed by atoms with Crippen molar-refractivity contribution in [2.75, 3.05) is 19.5 Å². The van der Waals surface area contributed by atoms with Crippen LogP contribution in [0.4, 0.5) is 0 Å². The van der Waals surface area contributed by atoms with E-state index in [0.29, 0.717) is 16.6 Å². The zero-order valence-corrected chi connectivity index (χ0v) is 11.0. The molecule has 1 aromatic rings. The molecule has 0 aliphatic rings. The summed E-state index contributed by atoms with van der Waals surface area (Å²) in [7, 11) is 1.60. The molecular weight excluding hydrogens is 236 g/mol. The minimum Gasteiger partial charge on any atom is -0.497 e. The highest BCUT2D eigenvalue weighted by molar-refractivity contribution is 8.00. The Kier molecular flexibility index (Phi) is 6.08. The van der Waals surface area contributed by atoms with E-state index in [2.05, 4.69) is 0 Å². The normalized spacial score (nSPS) is 12.2. The minimum absolute atomic E-state index is 0.113. The number of ether oxygens (including phenoxy) is 1. The number of methoxy groups -OCH3 is 1. The number of benzene rings is 1. The largest absolute Gasteiger partial charge is 0.497 e. The topological polar surface area (TPSA) is 46.5 Å². The molecule has 1 N–H and O–H groups in total. The number of aliphatic hydroxyl groups excluding tert-OH is 1. The molecule has 0 fully saturated rings. The molecule has 0 aliphatic heterocycles. The second-order valence-electron chi connectivity index (χ2n) is 3.79. The van der Waals surface area contributed by atoms with Gasteiger partial charge in [0.25, 0.3) is 0 Å². The van der Waals surface area contributed by atoms with Gasteiger partial charge in [-0.3, -0.25) is 4.79 Å². The molecule has 0 spiro atoms. The molecule has 0 aliphatic carbocycles. The first-order chi connectivity index (χ1) is 8.17. The monoisotopic (exact) mass is 254 g/mol. The van der Waals surface area contributed by atoms with Gasteiger partial charge in [0, 0.05) is 17.4 Å². The number of thioether (sulfide) groups is 1. The van der Waals surface area contributed by atoms with Crippen LogP contribution in [-0.2, 0) is 0 Å². The van der Waals surface area contributed by atoms with E-state index in [-0.39, 0.29) is 12.4 Å². The molecule has 1 atom stereocenters. The zero-order valence-electron chi connectivity index (χ0n) is 10.2. The molecule has 0 heterocycles. The molecule has 0 bridgehead atoms. The lowest BCUT2D eigenvalue weighted by Crippen LogP contribution is -2.07. The van der Waals surface area contributed by atoms with Crippen LogP contribution in [0.3, 0.4) is 0 Å². The fourth-order valence-electron chi connectivity index (χ4n) is 1.34. The Balaban J connectivity index is 2.46. The Bertz CT molecular complexity index is 348. The summed E-state index contributed by atoms with van der Waals surface area (Å²) in [5.41, 5.74) is 0.703. The van der Waals surface area contributed by atoms with E-state index in [1.54, 1.807) is 43.1 Å². The molecule has 0 saturated carbocycles. The quantitative estimate of drug-likeness (QED) is 0.759. The van der Waals surface area contributed by atoms with Crippen molar-refractivity contribution in [1.82, 2.24) is 0 Å². The summed E-state index contributed by atoms with van der Waals surface area (Å²) in [5, 5.41) is 9.07. The van der Waals surface area contributed by atoms with Crippen molar-refractivity contribution in [3.8, 4) is 5.75 Å². The second kappa shape index (κ2) is 7.35. The maximum atomic E-state index is 11.8. The maximum Gasteiger partial charge on any atom is 0.172 e. The van der Waals surface area contributed by atoms with Crippen LogP contribution in [0.2, 0.25) is 0 Å². The summed E-state index contributed by atoms with van der Waals surface area (Å²) in [6, 6.07) is 7.13. The molecule has 0 aromatic heterocycles. The van der Waals surface area contributed by atoms with Crippen LogP contribution in [0.1, 0.15) is 23.7 Å². The number of aliphatic hydroxyl groups is 1. The second-order valence-corrected chi connectivity index (χ2v) is 5.21. The minimum atomic E-state index is 0.113. The Hall–Kier alpha value is -1.00. The van der Waals surface area contributed by atoms with Gasteiger partial charge < -0.3 is 9.84 Å². The predicted octanol–water partition coefficient (Wildman–Crippen LogP) is 2.38. The number of rotatable bonds is 7. The smallest absolute Gasteiger partial charge is 0.172 e. The van der Waals surface area contributed by atoms with Crippen molar-refractivity contribution in [3.05, 3.63) is 29.8 Å². The van der Waals surface area contributed by atoms with E-state index in [1.165, 1.54) is 0 Å². The van der Waals surface area contributed by atoms with Gasteiger partial charge in [-0.25, -0.2) is 0 Å². The van der Waals surface area contributed by atoms with Gasteiger partial charge in [-0.05, 0) is 30.7 Å². The van der Waals surface area contributed by atoms with Crippen LogP contribution in [0, 0.1) is 0 Å². The Morgan fingerprint density at radius 1 is 1.41 bits per heavy atom. The number of hydrogen-bond donors (Lipinski definition) is 1. The van der Waals surface area contributed by atoms with Crippen molar-refractivity contribution in [3.63, 3.8) is 0 Å². The summed E-state index contributed by atoms with van der Waals surface area (Å²) < 4.78 is 5.03. The van der Waals surface area contributed by atoms with Crippen molar-refractivity contribution in [2.45, 2.75) is 18.6 Å². The third kappa shape index (κ3) is 4.79. The molecule has 1 unspecified atom stereocenters. The fourth-order valence-corrected chi connectivity index (χ4v) is 2.22. The summed E-state index contributed by atoms with van der Waals surface area (Å²) in [5.74, 6) is 1.32. The van der Waals surface area contributed by atoms with Gasteiger partial charge in [0.1, 0.15) is 5.75 Å². The first-order valence-electron chi connectivity index (χ1n) is 5.57. The molecule has 3 nitrogen and oxygen atoms in total. The summed E-state index contributed by atoms with van der Waals surface area (Å²) >= 11 is 1.57. The van der Waals surface area contributed by atoms with Gasteiger partial charge in [0.05, 0.1) is 12.9 Å². The lowest BCUT2D eigenvalue weighted by Gasteiger charge is -2.08. The van der Waals surface area contributed by atoms with Crippen LogP contribution in [0.5, 0.6) is 5.75 Å². The highest BCUT2D eigenvalue weighted by atomic mass is 32.2. The summed E-state index contributed by atoms with van der Waals surface area (Å²) in [6.45, 7) is 2.19. The fraction of sp³-hybridized carbons (Fsp3) is 0.462. The molecule has 0 saturated heterocycles. The standard InChI is InChI=1S/C13H18O3S/c1-10(7-8-14)17-9-13(15)11-3-5-12(16-2)6-4-11/h3-6,10,14H,7-9H2,1-2H3. The molecular formula is C13H18O3S. The number of Topliss-reactive ketones (excluding diaryl/α,β-unsaturated/α-hetero) is 1. The average Bonchev–Trinajstić information content (AvgIpc) is 2.36. The first kappa shape index (κ1) is 14.1. The Labute approximate surface area is 106 Å². The molecule has 4 heteroatoms. The van der Waals surface area contributed by atoms with Gasteiger partial charge in [0.15, 0.2) is 5.78 Å². The number of carbonyl (C=O) groups is 1. The Morgan fingerprint density at radius 3 is 2.59 bits per heavy atom. The lowest BCUT2D eigenvalue weighted by molar-refractivity contribution is 0.102.